The number of thiocarbonyl (C=S) groups is 1. The molecule has 1 heterocycles. The molecule has 0 saturated heterocycles. The maximum atomic E-state index is 13.1. The molecular formula is C20H18BrF3N4S. The van der Waals surface area contributed by atoms with Crippen LogP contribution in [0.1, 0.15) is 22.5 Å². The Morgan fingerprint density at radius 2 is 1.83 bits per heavy atom. The predicted molar refractivity (Wildman–Crippen MR) is 116 cm³/mol. The number of rotatable bonds is 4. The number of hydrogen-bond donors (Lipinski definition) is 2. The summed E-state index contributed by atoms with van der Waals surface area (Å²) in [5.74, 6) is 0. The average Bonchev–Trinajstić information content (AvgIpc) is 2.88. The molecule has 29 heavy (non-hydrogen) atoms. The van der Waals surface area contributed by atoms with Gasteiger partial charge in [-0.3, -0.25) is 4.68 Å². The Kier molecular flexibility index (Phi) is 6.28. The van der Waals surface area contributed by atoms with Gasteiger partial charge < -0.3 is 10.6 Å². The van der Waals surface area contributed by atoms with E-state index >= 15 is 0 Å². The summed E-state index contributed by atoms with van der Waals surface area (Å²) in [5.41, 5.74) is 2.71. The second kappa shape index (κ2) is 8.54. The van der Waals surface area contributed by atoms with E-state index in [4.69, 9.17) is 12.2 Å². The zero-order valence-electron chi connectivity index (χ0n) is 15.6. The molecule has 2 N–H and O–H groups in total. The minimum atomic E-state index is -4.47. The lowest BCUT2D eigenvalue weighted by Gasteiger charge is -2.16. The first kappa shape index (κ1) is 21.3. The Morgan fingerprint density at radius 1 is 1.10 bits per heavy atom. The summed E-state index contributed by atoms with van der Waals surface area (Å²) < 4.78 is 42.3. The molecule has 0 spiro atoms. The molecule has 0 saturated carbocycles. The molecule has 0 aliphatic heterocycles. The van der Waals surface area contributed by atoms with E-state index in [2.05, 4.69) is 31.7 Å². The van der Waals surface area contributed by atoms with Crippen molar-refractivity contribution in [1.82, 2.24) is 9.78 Å². The van der Waals surface area contributed by atoms with Gasteiger partial charge >= 0.3 is 6.18 Å². The van der Waals surface area contributed by atoms with Gasteiger partial charge in [0.2, 0.25) is 0 Å². The molecule has 0 atom stereocenters. The highest BCUT2D eigenvalue weighted by atomic mass is 79.9. The molecular weight excluding hydrogens is 465 g/mol. The van der Waals surface area contributed by atoms with Gasteiger partial charge in [0.25, 0.3) is 0 Å². The monoisotopic (exact) mass is 482 g/mol. The van der Waals surface area contributed by atoms with Crippen LogP contribution in [-0.4, -0.2) is 14.9 Å². The molecule has 0 fully saturated rings. The van der Waals surface area contributed by atoms with Crippen molar-refractivity contribution in [2.24, 2.45) is 0 Å². The number of nitrogens with zero attached hydrogens (tertiary/aromatic N) is 2. The van der Waals surface area contributed by atoms with Crippen LogP contribution in [-0.2, 0) is 12.7 Å². The van der Waals surface area contributed by atoms with Crippen molar-refractivity contribution >= 4 is 44.6 Å². The van der Waals surface area contributed by atoms with Crippen LogP contribution in [0.15, 0.2) is 53.0 Å². The third-order valence-corrected chi connectivity index (χ3v) is 5.64. The molecule has 0 bridgehead atoms. The number of benzene rings is 2. The average molecular weight is 483 g/mol. The Balaban J connectivity index is 1.72. The topological polar surface area (TPSA) is 41.9 Å². The number of aromatic nitrogens is 2. The molecule has 3 rings (SSSR count). The van der Waals surface area contributed by atoms with E-state index < -0.39 is 11.7 Å². The van der Waals surface area contributed by atoms with Gasteiger partial charge in [0, 0.05) is 5.69 Å². The summed E-state index contributed by atoms with van der Waals surface area (Å²) in [5, 5.41) is 10.1. The Morgan fingerprint density at radius 3 is 2.48 bits per heavy atom. The van der Waals surface area contributed by atoms with E-state index in [-0.39, 0.29) is 10.8 Å². The van der Waals surface area contributed by atoms with E-state index in [0.717, 1.165) is 27.5 Å². The quantitative estimate of drug-likeness (QED) is 0.438. The van der Waals surface area contributed by atoms with Gasteiger partial charge in [0.15, 0.2) is 5.11 Å². The number of halogens is 4. The molecule has 0 aliphatic carbocycles. The van der Waals surface area contributed by atoms with E-state index in [1.54, 1.807) is 6.07 Å². The van der Waals surface area contributed by atoms with Crippen molar-refractivity contribution in [1.29, 1.82) is 0 Å². The highest BCUT2D eigenvalue weighted by Gasteiger charge is 2.33. The SMILES string of the molecule is Cc1nn(Cc2cccc(NC(=S)Nc3ccccc3C(F)(F)F)c2)c(C)c1Br. The van der Waals surface area contributed by atoms with Crippen LogP contribution in [0, 0.1) is 13.8 Å². The number of para-hydroxylation sites is 1. The highest BCUT2D eigenvalue weighted by molar-refractivity contribution is 9.10. The van der Waals surface area contributed by atoms with Gasteiger partial charge in [-0.1, -0.05) is 24.3 Å². The molecule has 0 aliphatic rings. The zero-order chi connectivity index (χ0) is 21.2. The minimum Gasteiger partial charge on any atom is -0.332 e. The van der Waals surface area contributed by atoms with Gasteiger partial charge in [0.1, 0.15) is 0 Å². The highest BCUT2D eigenvalue weighted by Crippen LogP contribution is 2.34. The predicted octanol–water partition coefficient (Wildman–Crippen LogP) is 6.14. The molecule has 152 valence electrons. The Bertz CT molecular complexity index is 1050. The number of hydrogen-bond acceptors (Lipinski definition) is 2. The number of nitrogens with one attached hydrogen (secondary N) is 2. The van der Waals surface area contributed by atoms with E-state index in [0.29, 0.717) is 12.2 Å². The van der Waals surface area contributed by atoms with E-state index in [1.807, 2.05) is 36.7 Å². The molecule has 4 nitrogen and oxygen atoms in total. The maximum Gasteiger partial charge on any atom is 0.418 e. The van der Waals surface area contributed by atoms with Gasteiger partial charge in [0.05, 0.1) is 33.7 Å². The third kappa shape index (κ3) is 5.16. The second-order valence-electron chi connectivity index (χ2n) is 6.47. The summed E-state index contributed by atoms with van der Waals surface area (Å²) in [6.45, 7) is 4.46. The van der Waals surface area contributed by atoms with Crippen molar-refractivity contribution in [2.45, 2.75) is 26.6 Å². The van der Waals surface area contributed by atoms with Crippen LogP contribution in [0.25, 0.3) is 0 Å². The fourth-order valence-corrected chi connectivity index (χ4v) is 3.39. The summed E-state index contributed by atoms with van der Waals surface area (Å²) >= 11 is 8.71. The lowest BCUT2D eigenvalue weighted by molar-refractivity contribution is -0.136. The lowest BCUT2D eigenvalue weighted by Crippen LogP contribution is -2.21. The Hall–Kier alpha value is -2.39. The fourth-order valence-electron chi connectivity index (χ4n) is 2.87. The summed E-state index contributed by atoms with van der Waals surface area (Å²) in [6, 6.07) is 12.7. The minimum absolute atomic E-state index is 0.0766. The first-order valence-corrected chi connectivity index (χ1v) is 9.88. The van der Waals surface area contributed by atoms with Crippen LogP contribution < -0.4 is 10.6 Å². The standard InChI is InChI=1S/C20H18BrF3N4S/c1-12-18(21)13(2)28(27-12)11-14-6-5-7-15(10-14)25-19(29)26-17-9-4-3-8-16(17)20(22,23)24/h3-10H,11H2,1-2H3,(H2,25,26,29). The fraction of sp³-hybridized carbons (Fsp3) is 0.200. The third-order valence-electron chi connectivity index (χ3n) is 4.29. The van der Waals surface area contributed by atoms with Crippen LogP contribution in [0.5, 0.6) is 0 Å². The molecule has 0 unspecified atom stereocenters. The van der Waals surface area contributed by atoms with Crippen molar-refractivity contribution in [3.63, 3.8) is 0 Å². The molecule has 1 aromatic heterocycles. The summed E-state index contributed by atoms with van der Waals surface area (Å²) in [7, 11) is 0. The summed E-state index contributed by atoms with van der Waals surface area (Å²) in [6.07, 6.45) is -4.47. The van der Waals surface area contributed by atoms with Crippen molar-refractivity contribution < 1.29 is 13.2 Å². The van der Waals surface area contributed by atoms with Gasteiger partial charge in [-0.15, -0.1) is 0 Å². The van der Waals surface area contributed by atoms with Gasteiger partial charge in [-0.2, -0.15) is 18.3 Å². The van der Waals surface area contributed by atoms with Crippen LogP contribution in [0.4, 0.5) is 24.5 Å². The first-order chi connectivity index (χ1) is 13.6. The Labute approximate surface area is 180 Å². The molecule has 9 heteroatoms. The molecule has 0 radical (unpaired) electrons. The molecule has 3 aromatic rings. The number of alkyl halides is 3. The number of anilines is 2. The van der Waals surface area contributed by atoms with Gasteiger partial charge in [-0.05, 0) is 71.8 Å². The summed E-state index contributed by atoms with van der Waals surface area (Å²) in [4.78, 5) is 0. The lowest BCUT2D eigenvalue weighted by atomic mass is 10.1. The van der Waals surface area contributed by atoms with Crippen LogP contribution in [0.3, 0.4) is 0 Å². The van der Waals surface area contributed by atoms with Gasteiger partial charge in [-0.25, -0.2) is 0 Å². The van der Waals surface area contributed by atoms with Crippen LogP contribution in [0.2, 0.25) is 0 Å². The van der Waals surface area contributed by atoms with E-state index in [9.17, 15) is 13.2 Å². The number of aryl methyl sites for hydroxylation is 1. The zero-order valence-corrected chi connectivity index (χ0v) is 18.0. The molecule has 0 amide bonds. The van der Waals surface area contributed by atoms with E-state index in [1.165, 1.54) is 18.2 Å². The van der Waals surface area contributed by atoms with Crippen LogP contribution >= 0.6 is 28.1 Å². The van der Waals surface area contributed by atoms with Crippen molar-refractivity contribution in [2.75, 3.05) is 10.6 Å². The normalized spacial score (nSPS) is 11.4. The first-order valence-electron chi connectivity index (χ1n) is 8.68. The molecule has 2 aromatic carbocycles. The largest absolute Gasteiger partial charge is 0.418 e. The smallest absolute Gasteiger partial charge is 0.332 e. The van der Waals surface area contributed by atoms with Crippen molar-refractivity contribution in [3.05, 3.63) is 75.5 Å². The van der Waals surface area contributed by atoms with Crippen molar-refractivity contribution in [3.8, 4) is 0 Å². The maximum absolute atomic E-state index is 13.1. The second-order valence-corrected chi connectivity index (χ2v) is 7.67.